The molecule has 0 N–H and O–H groups in total. The van der Waals surface area contributed by atoms with Crippen molar-refractivity contribution in [2.24, 2.45) is 0 Å². The van der Waals surface area contributed by atoms with Crippen LogP contribution >= 0.6 is 0 Å². The second-order valence-electron chi connectivity index (χ2n) is 10.8. The molecule has 46 heavy (non-hydrogen) atoms. The molecule has 0 spiro atoms. The summed E-state index contributed by atoms with van der Waals surface area (Å²) >= 11 is 0. The summed E-state index contributed by atoms with van der Waals surface area (Å²) in [4.78, 5) is 13.8. The summed E-state index contributed by atoms with van der Waals surface area (Å²) in [5.41, 5.74) is 8.28. The van der Waals surface area contributed by atoms with Crippen molar-refractivity contribution in [2.45, 2.75) is 6.92 Å². The second kappa shape index (κ2) is 12.5. The number of furan rings is 1. The monoisotopic (exact) mass is 771 g/mol. The van der Waals surface area contributed by atoms with E-state index in [4.69, 9.17) is 9.40 Å². The standard InChI is InChI=1S/C29H18N3O.C11H8N.Ir/c1-18-16-25-28(30-17-18)31-29(32(25)20-9-3-2-4-10-20)24-13-7-12-22-23-15-14-19-8-5-6-11-21(19)26(23)33-27(22)24;1-2-6-10(7-3-1)11-8-4-5-9-12-11;/h2-12,14-17H,1H3;1-6,8-9H;/q2*-1;. The zero-order valence-corrected chi connectivity index (χ0v) is 27.2. The van der Waals surface area contributed by atoms with Gasteiger partial charge in [-0.05, 0) is 47.8 Å². The summed E-state index contributed by atoms with van der Waals surface area (Å²) in [6.07, 6.45) is 3.64. The first-order valence-corrected chi connectivity index (χ1v) is 14.8. The van der Waals surface area contributed by atoms with E-state index in [-0.39, 0.29) is 20.1 Å². The number of benzene rings is 5. The molecule has 223 valence electrons. The maximum absolute atomic E-state index is 6.56. The second-order valence-corrected chi connectivity index (χ2v) is 10.8. The van der Waals surface area contributed by atoms with Crippen LogP contribution in [0.2, 0.25) is 0 Å². The van der Waals surface area contributed by atoms with Gasteiger partial charge in [0.05, 0.1) is 16.9 Å². The van der Waals surface area contributed by atoms with Crippen LogP contribution in [-0.2, 0) is 20.1 Å². The molecule has 0 unspecified atom stereocenters. The van der Waals surface area contributed by atoms with Crippen LogP contribution in [0.1, 0.15) is 5.56 Å². The molecular weight excluding hydrogens is 745 g/mol. The van der Waals surface area contributed by atoms with E-state index in [1.165, 1.54) is 0 Å². The van der Waals surface area contributed by atoms with Crippen molar-refractivity contribution in [3.8, 4) is 28.3 Å². The number of pyridine rings is 2. The quantitative estimate of drug-likeness (QED) is 0.168. The zero-order chi connectivity index (χ0) is 30.2. The fourth-order valence-corrected chi connectivity index (χ4v) is 5.78. The van der Waals surface area contributed by atoms with Crippen molar-refractivity contribution in [3.05, 3.63) is 157 Å². The van der Waals surface area contributed by atoms with Gasteiger partial charge in [-0.15, -0.1) is 54.1 Å². The first-order valence-electron chi connectivity index (χ1n) is 14.8. The molecule has 0 aliphatic heterocycles. The van der Waals surface area contributed by atoms with Crippen LogP contribution in [-0.4, -0.2) is 19.5 Å². The number of para-hydroxylation sites is 1. The third-order valence-corrected chi connectivity index (χ3v) is 7.86. The van der Waals surface area contributed by atoms with Gasteiger partial charge in [-0.2, -0.15) is 0 Å². The average molecular weight is 771 g/mol. The Morgan fingerprint density at radius 2 is 1.48 bits per heavy atom. The predicted molar refractivity (Wildman–Crippen MR) is 181 cm³/mol. The molecule has 1 radical (unpaired) electrons. The third-order valence-electron chi connectivity index (χ3n) is 7.86. The minimum absolute atomic E-state index is 0. The van der Waals surface area contributed by atoms with Crippen molar-refractivity contribution < 1.29 is 24.5 Å². The number of aryl methyl sites for hydroxylation is 1. The SMILES string of the molecule is Cc1cnc2nc(-c3[c-]ccc4c3oc3c5ccccc5ccc43)n(-c3ccccc3)c2c1.[Ir].[c-]1ccccc1-c1ccccn1. The van der Waals surface area contributed by atoms with Gasteiger partial charge in [-0.25, -0.2) is 4.98 Å². The van der Waals surface area contributed by atoms with Crippen LogP contribution in [0.3, 0.4) is 0 Å². The predicted octanol–water partition coefficient (Wildman–Crippen LogP) is 9.79. The Labute approximate surface area is 279 Å². The van der Waals surface area contributed by atoms with E-state index in [2.05, 4.69) is 75.2 Å². The van der Waals surface area contributed by atoms with Gasteiger partial charge in [0.1, 0.15) is 5.58 Å². The van der Waals surface area contributed by atoms with Crippen molar-refractivity contribution in [3.63, 3.8) is 0 Å². The molecule has 0 fully saturated rings. The molecule has 0 saturated carbocycles. The van der Waals surface area contributed by atoms with Crippen molar-refractivity contribution >= 4 is 43.9 Å². The first-order chi connectivity index (χ1) is 22.2. The Morgan fingerprint density at radius 3 is 2.30 bits per heavy atom. The topological polar surface area (TPSA) is 56.7 Å². The van der Waals surface area contributed by atoms with Crippen LogP contribution in [0.15, 0.2) is 144 Å². The molecule has 5 aromatic carbocycles. The maximum Gasteiger partial charge on any atom is 0.168 e. The Kier molecular flexibility index (Phi) is 7.98. The molecule has 6 heteroatoms. The van der Waals surface area contributed by atoms with Crippen LogP contribution < -0.4 is 0 Å². The normalized spacial score (nSPS) is 11.0. The number of hydrogen-bond donors (Lipinski definition) is 0. The van der Waals surface area contributed by atoms with E-state index < -0.39 is 0 Å². The average Bonchev–Trinajstić information content (AvgIpc) is 3.68. The molecule has 0 amide bonds. The van der Waals surface area contributed by atoms with Gasteiger partial charge in [0.25, 0.3) is 0 Å². The van der Waals surface area contributed by atoms with Gasteiger partial charge < -0.3 is 14.0 Å². The Balaban J connectivity index is 0.000000220. The van der Waals surface area contributed by atoms with Crippen LogP contribution in [0.25, 0.3) is 72.2 Å². The van der Waals surface area contributed by atoms with Gasteiger partial charge >= 0.3 is 0 Å². The van der Waals surface area contributed by atoms with Gasteiger partial charge in [0.2, 0.25) is 0 Å². The first kappa shape index (κ1) is 29.3. The van der Waals surface area contributed by atoms with E-state index in [1.54, 1.807) is 6.20 Å². The molecule has 0 bridgehead atoms. The van der Waals surface area contributed by atoms with E-state index in [0.29, 0.717) is 5.65 Å². The molecule has 9 rings (SSSR count). The summed E-state index contributed by atoms with van der Waals surface area (Å²) in [5.74, 6) is 0.767. The minimum Gasteiger partial charge on any atom is -0.500 e. The Bertz CT molecular complexity index is 2400. The molecule has 4 heterocycles. The number of hydrogen-bond acceptors (Lipinski definition) is 4. The van der Waals surface area contributed by atoms with Crippen LogP contribution in [0.4, 0.5) is 0 Å². The largest absolute Gasteiger partial charge is 0.500 e. The van der Waals surface area contributed by atoms with Gasteiger partial charge in [-0.1, -0.05) is 77.7 Å². The van der Waals surface area contributed by atoms with Crippen molar-refractivity contribution in [2.75, 3.05) is 0 Å². The molecule has 0 saturated heterocycles. The molecule has 9 aromatic rings. The molecule has 0 aliphatic carbocycles. The van der Waals surface area contributed by atoms with Gasteiger partial charge in [-0.3, -0.25) is 4.98 Å². The smallest absolute Gasteiger partial charge is 0.168 e. The number of nitrogens with zero attached hydrogens (tertiary/aromatic N) is 4. The summed E-state index contributed by atoms with van der Waals surface area (Å²) in [7, 11) is 0. The fraction of sp³-hybridized carbons (Fsp3) is 0.0250. The van der Waals surface area contributed by atoms with Gasteiger partial charge in [0.15, 0.2) is 5.65 Å². The molecule has 0 atom stereocenters. The van der Waals surface area contributed by atoms with E-state index in [9.17, 15) is 0 Å². The summed E-state index contributed by atoms with van der Waals surface area (Å²) in [6.45, 7) is 2.05. The molecule has 5 nitrogen and oxygen atoms in total. The van der Waals surface area contributed by atoms with E-state index >= 15 is 0 Å². The third kappa shape index (κ3) is 5.28. The van der Waals surface area contributed by atoms with Gasteiger partial charge in [0, 0.05) is 49.0 Å². The van der Waals surface area contributed by atoms with Crippen LogP contribution in [0.5, 0.6) is 0 Å². The summed E-state index contributed by atoms with van der Waals surface area (Å²) in [5, 5.41) is 4.41. The van der Waals surface area contributed by atoms with E-state index in [1.807, 2.05) is 92.0 Å². The fourth-order valence-electron chi connectivity index (χ4n) is 5.78. The Morgan fingerprint density at radius 1 is 0.674 bits per heavy atom. The summed E-state index contributed by atoms with van der Waals surface area (Å²) < 4.78 is 8.70. The molecule has 4 aromatic heterocycles. The molecule has 0 aliphatic rings. The minimum atomic E-state index is 0. The van der Waals surface area contributed by atoms with Crippen molar-refractivity contribution in [1.29, 1.82) is 0 Å². The van der Waals surface area contributed by atoms with Crippen molar-refractivity contribution in [1.82, 2.24) is 19.5 Å². The van der Waals surface area contributed by atoms with E-state index in [0.717, 1.165) is 72.1 Å². The zero-order valence-electron chi connectivity index (χ0n) is 24.8. The number of fused-ring (bicyclic) bond motifs is 6. The number of imidazole rings is 1. The number of rotatable bonds is 3. The van der Waals surface area contributed by atoms with Crippen LogP contribution in [0, 0.1) is 19.1 Å². The number of aromatic nitrogens is 4. The summed E-state index contributed by atoms with van der Waals surface area (Å²) in [6, 6.07) is 49.2. The molecular formula is C40H26IrN4O-2. The maximum atomic E-state index is 6.56. The Hall–Kier alpha value is -5.42.